The molecule has 2 rings (SSSR count). The van der Waals surface area contributed by atoms with Gasteiger partial charge < -0.3 is 20.1 Å². The van der Waals surface area contributed by atoms with Gasteiger partial charge in [0.25, 0.3) is 0 Å². The average molecular weight is 292 g/mol. The van der Waals surface area contributed by atoms with E-state index in [-0.39, 0.29) is 0 Å². The van der Waals surface area contributed by atoms with Gasteiger partial charge in [-0.05, 0) is 56.5 Å². The number of nitrogens with zero attached hydrogens (tertiary/aromatic N) is 1. The van der Waals surface area contributed by atoms with Crippen molar-refractivity contribution in [1.29, 1.82) is 0 Å². The van der Waals surface area contributed by atoms with E-state index >= 15 is 0 Å². The summed E-state index contributed by atoms with van der Waals surface area (Å²) in [6.45, 7) is 7.14. The Morgan fingerprint density at radius 2 is 2.05 bits per heavy atom. The molecule has 1 aliphatic rings. The van der Waals surface area contributed by atoms with Crippen molar-refractivity contribution in [3.8, 4) is 5.75 Å². The van der Waals surface area contributed by atoms with E-state index in [2.05, 4.69) is 11.8 Å². The van der Waals surface area contributed by atoms with Gasteiger partial charge in [0.05, 0.1) is 12.7 Å². The lowest BCUT2D eigenvalue weighted by molar-refractivity contribution is -0.000966. The van der Waals surface area contributed by atoms with Crippen LogP contribution in [0.2, 0.25) is 0 Å². The summed E-state index contributed by atoms with van der Waals surface area (Å²) in [5, 5.41) is 0. The zero-order valence-electron chi connectivity index (χ0n) is 13.1. The van der Waals surface area contributed by atoms with E-state index in [0.29, 0.717) is 6.10 Å². The van der Waals surface area contributed by atoms with Gasteiger partial charge in [0.1, 0.15) is 5.75 Å². The van der Waals surface area contributed by atoms with Gasteiger partial charge in [-0.15, -0.1) is 0 Å². The number of piperidine rings is 1. The fourth-order valence-electron chi connectivity index (χ4n) is 2.68. The van der Waals surface area contributed by atoms with Gasteiger partial charge in [0, 0.05) is 25.4 Å². The molecule has 1 aliphatic heterocycles. The van der Waals surface area contributed by atoms with Crippen molar-refractivity contribution in [3.63, 3.8) is 0 Å². The fourth-order valence-corrected chi connectivity index (χ4v) is 2.68. The first-order valence-corrected chi connectivity index (χ1v) is 8.10. The summed E-state index contributed by atoms with van der Waals surface area (Å²) >= 11 is 0. The Hall–Kier alpha value is -1.26. The second kappa shape index (κ2) is 8.90. The molecule has 0 saturated carbocycles. The first kappa shape index (κ1) is 16.1. The highest BCUT2D eigenvalue weighted by Crippen LogP contribution is 2.15. The molecule has 1 fully saturated rings. The van der Waals surface area contributed by atoms with Crippen LogP contribution >= 0.6 is 0 Å². The molecule has 0 aromatic heterocycles. The van der Waals surface area contributed by atoms with Gasteiger partial charge in [0.2, 0.25) is 0 Å². The highest BCUT2D eigenvalue weighted by atomic mass is 16.5. The van der Waals surface area contributed by atoms with E-state index in [4.69, 9.17) is 15.2 Å². The van der Waals surface area contributed by atoms with Gasteiger partial charge >= 0.3 is 0 Å². The predicted molar refractivity (Wildman–Crippen MR) is 86.7 cm³/mol. The van der Waals surface area contributed by atoms with Crippen LogP contribution < -0.4 is 10.5 Å². The van der Waals surface area contributed by atoms with Crippen LogP contribution in [0.1, 0.15) is 32.6 Å². The lowest BCUT2D eigenvalue weighted by Crippen LogP contribution is -2.40. The quantitative estimate of drug-likeness (QED) is 0.591. The molecule has 1 aromatic rings. The van der Waals surface area contributed by atoms with Gasteiger partial charge in [-0.2, -0.15) is 0 Å². The Balaban J connectivity index is 1.60. The number of rotatable bonds is 8. The molecule has 1 aromatic carbocycles. The van der Waals surface area contributed by atoms with Crippen LogP contribution in [-0.4, -0.2) is 43.9 Å². The third-order valence-electron chi connectivity index (χ3n) is 3.79. The third kappa shape index (κ3) is 5.94. The van der Waals surface area contributed by atoms with Crippen LogP contribution in [0.3, 0.4) is 0 Å². The van der Waals surface area contributed by atoms with Gasteiger partial charge in [-0.25, -0.2) is 0 Å². The minimum Gasteiger partial charge on any atom is -0.494 e. The summed E-state index contributed by atoms with van der Waals surface area (Å²) in [5.41, 5.74) is 6.42. The molecular weight excluding hydrogens is 264 g/mol. The summed E-state index contributed by atoms with van der Waals surface area (Å²) in [6, 6.07) is 7.58. The molecule has 2 N–H and O–H groups in total. The molecule has 0 amide bonds. The zero-order chi connectivity index (χ0) is 14.9. The van der Waals surface area contributed by atoms with Crippen LogP contribution in [0.25, 0.3) is 0 Å². The maximum Gasteiger partial charge on any atom is 0.119 e. The lowest BCUT2D eigenvalue weighted by Gasteiger charge is -2.32. The molecule has 1 atom stereocenters. The molecule has 0 bridgehead atoms. The van der Waals surface area contributed by atoms with Crippen molar-refractivity contribution >= 4 is 5.69 Å². The zero-order valence-corrected chi connectivity index (χ0v) is 13.1. The predicted octanol–water partition coefficient (Wildman–Crippen LogP) is 2.93. The Bertz CT molecular complexity index is 394. The smallest absolute Gasteiger partial charge is 0.119 e. The Kier molecular flexibility index (Phi) is 6.83. The Morgan fingerprint density at radius 1 is 1.24 bits per heavy atom. The van der Waals surface area contributed by atoms with E-state index in [9.17, 15) is 0 Å². The number of hydrogen-bond acceptors (Lipinski definition) is 4. The number of benzene rings is 1. The number of nitrogens with two attached hydrogens (primary N) is 1. The van der Waals surface area contributed by atoms with Crippen molar-refractivity contribution in [2.45, 2.75) is 38.7 Å². The highest BCUT2D eigenvalue weighted by Gasteiger charge is 2.19. The molecule has 118 valence electrons. The van der Waals surface area contributed by atoms with Gasteiger partial charge in [0.15, 0.2) is 0 Å². The van der Waals surface area contributed by atoms with E-state index in [1.165, 1.54) is 19.4 Å². The van der Waals surface area contributed by atoms with Crippen LogP contribution in [-0.2, 0) is 4.74 Å². The Labute approximate surface area is 128 Å². The van der Waals surface area contributed by atoms with Crippen LogP contribution in [0, 0.1) is 0 Å². The molecule has 0 spiro atoms. The van der Waals surface area contributed by atoms with Crippen molar-refractivity contribution in [3.05, 3.63) is 24.3 Å². The number of nitrogen functional groups attached to an aromatic ring is 1. The minimum atomic E-state index is 0.428. The summed E-state index contributed by atoms with van der Waals surface area (Å²) in [5.74, 6) is 0.895. The first-order chi connectivity index (χ1) is 10.3. The minimum absolute atomic E-state index is 0.428. The normalized spacial score (nSPS) is 19.6. The summed E-state index contributed by atoms with van der Waals surface area (Å²) < 4.78 is 11.6. The monoisotopic (exact) mass is 292 g/mol. The highest BCUT2D eigenvalue weighted by molar-refractivity contribution is 5.41. The SMILES string of the molecule is CCCOC1CCCN(CCCOc2ccc(N)cc2)C1. The lowest BCUT2D eigenvalue weighted by atomic mass is 10.1. The molecule has 0 radical (unpaired) electrons. The van der Waals surface area contributed by atoms with Crippen molar-refractivity contribution in [2.75, 3.05) is 38.6 Å². The largest absolute Gasteiger partial charge is 0.494 e. The topological polar surface area (TPSA) is 47.7 Å². The number of anilines is 1. The molecular formula is C17H28N2O2. The maximum absolute atomic E-state index is 5.86. The first-order valence-electron chi connectivity index (χ1n) is 8.10. The Morgan fingerprint density at radius 3 is 2.81 bits per heavy atom. The summed E-state index contributed by atoms with van der Waals surface area (Å²) in [7, 11) is 0. The van der Waals surface area contributed by atoms with Crippen molar-refractivity contribution < 1.29 is 9.47 Å². The summed E-state index contributed by atoms with van der Waals surface area (Å²) in [6.07, 6.45) is 5.03. The molecule has 1 unspecified atom stereocenters. The number of likely N-dealkylation sites (tertiary alicyclic amines) is 1. The number of ether oxygens (including phenoxy) is 2. The van der Waals surface area contributed by atoms with Gasteiger partial charge in [-0.3, -0.25) is 0 Å². The number of hydrogen-bond donors (Lipinski definition) is 1. The fraction of sp³-hybridized carbons (Fsp3) is 0.647. The molecule has 21 heavy (non-hydrogen) atoms. The summed E-state index contributed by atoms with van der Waals surface area (Å²) in [4.78, 5) is 2.50. The molecule has 4 nitrogen and oxygen atoms in total. The van der Waals surface area contributed by atoms with Gasteiger partial charge in [-0.1, -0.05) is 6.92 Å². The van der Waals surface area contributed by atoms with E-state index < -0.39 is 0 Å². The van der Waals surface area contributed by atoms with Crippen LogP contribution in [0.4, 0.5) is 5.69 Å². The second-order valence-electron chi connectivity index (χ2n) is 5.71. The van der Waals surface area contributed by atoms with E-state index in [0.717, 1.165) is 50.6 Å². The van der Waals surface area contributed by atoms with E-state index in [1.54, 1.807) is 0 Å². The van der Waals surface area contributed by atoms with Crippen molar-refractivity contribution in [2.24, 2.45) is 0 Å². The second-order valence-corrected chi connectivity index (χ2v) is 5.71. The third-order valence-corrected chi connectivity index (χ3v) is 3.79. The van der Waals surface area contributed by atoms with Crippen LogP contribution in [0.15, 0.2) is 24.3 Å². The average Bonchev–Trinajstić information content (AvgIpc) is 2.52. The van der Waals surface area contributed by atoms with E-state index in [1.807, 2.05) is 24.3 Å². The standard InChI is InChI=1S/C17H28N2O2/c1-2-12-20-17-5-3-10-19(14-17)11-4-13-21-16-8-6-15(18)7-9-16/h6-9,17H,2-5,10-14,18H2,1H3. The molecule has 1 saturated heterocycles. The molecule has 4 heteroatoms. The van der Waals surface area contributed by atoms with Crippen LogP contribution in [0.5, 0.6) is 5.75 Å². The molecule has 0 aliphatic carbocycles. The maximum atomic E-state index is 5.86. The van der Waals surface area contributed by atoms with Crippen molar-refractivity contribution in [1.82, 2.24) is 4.90 Å². The molecule has 1 heterocycles.